The molecular weight excluding hydrogens is 460 g/mol. The van der Waals surface area contributed by atoms with Crippen molar-refractivity contribution in [1.82, 2.24) is 9.88 Å². The quantitative estimate of drug-likeness (QED) is 0.548. The van der Waals surface area contributed by atoms with Crippen molar-refractivity contribution in [2.24, 2.45) is 0 Å². The van der Waals surface area contributed by atoms with Crippen LogP contribution in [0, 0.1) is 0 Å². The van der Waals surface area contributed by atoms with Crippen molar-refractivity contribution in [1.29, 1.82) is 0 Å². The monoisotopic (exact) mass is 488 g/mol. The molecule has 0 unspecified atom stereocenters. The molecule has 0 radical (unpaired) electrons. The van der Waals surface area contributed by atoms with Gasteiger partial charge in [-0.3, -0.25) is 0 Å². The van der Waals surface area contributed by atoms with Gasteiger partial charge in [-0.15, -0.1) is 0 Å². The van der Waals surface area contributed by atoms with Crippen LogP contribution in [0.25, 0.3) is 0 Å². The minimum Gasteiger partial charge on any atom is -0.474 e. The van der Waals surface area contributed by atoms with Crippen LogP contribution < -0.4 is 4.74 Å². The normalized spacial score (nSPS) is 22.2. The number of hydrogen-bond acceptors (Lipinski definition) is 5. The zero-order chi connectivity index (χ0) is 21.5. The summed E-state index contributed by atoms with van der Waals surface area (Å²) in [5, 5.41) is 0. The summed E-state index contributed by atoms with van der Waals surface area (Å²) in [6, 6.07) is 13.6. The molecule has 1 aliphatic carbocycles. The van der Waals surface area contributed by atoms with Crippen LogP contribution in [0.2, 0.25) is 0 Å². The smallest absolute Gasteiger partial charge is 0.410 e. The molecule has 1 aromatic heterocycles. The third kappa shape index (κ3) is 6.68. The van der Waals surface area contributed by atoms with E-state index in [9.17, 15) is 4.79 Å². The van der Waals surface area contributed by atoms with E-state index in [1.54, 1.807) is 11.1 Å². The van der Waals surface area contributed by atoms with E-state index in [0.29, 0.717) is 25.6 Å². The largest absolute Gasteiger partial charge is 0.474 e. The Kier molecular flexibility index (Phi) is 7.81. The van der Waals surface area contributed by atoms with Crippen LogP contribution in [0.15, 0.2) is 53.1 Å². The Morgan fingerprint density at radius 1 is 0.968 bits per heavy atom. The number of likely N-dealkylation sites (tertiary alicyclic amines) is 1. The van der Waals surface area contributed by atoms with Crippen molar-refractivity contribution >= 4 is 22.0 Å². The van der Waals surface area contributed by atoms with Gasteiger partial charge in [-0.1, -0.05) is 46.3 Å². The number of aromatic nitrogens is 1. The molecule has 1 saturated heterocycles. The number of carbonyl (C=O) groups is 1. The van der Waals surface area contributed by atoms with E-state index in [4.69, 9.17) is 14.2 Å². The lowest BCUT2D eigenvalue weighted by atomic mass is 9.94. The maximum atomic E-state index is 12.3. The number of piperidine rings is 1. The Bertz CT molecular complexity index is 834. The van der Waals surface area contributed by atoms with Crippen LogP contribution in [0.3, 0.4) is 0 Å². The fourth-order valence-electron chi connectivity index (χ4n) is 4.16. The summed E-state index contributed by atoms with van der Waals surface area (Å²) in [5.41, 5.74) is 1.00. The number of pyridine rings is 1. The molecule has 166 valence electrons. The summed E-state index contributed by atoms with van der Waals surface area (Å²) in [5.74, 6) is 0.672. The van der Waals surface area contributed by atoms with Crippen molar-refractivity contribution in [3.05, 3.63) is 58.7 Å². The summed E-state index contributed by atoms with van der Waals surface area (Å²) >= 11 is 3.45. The second-order valence-electron chi connectivity index (χ2n) is 8.19. The summed E-state index contributed by atoms with van der Waals surface area (Å²) < 4.78 is 18.8. The van der Waals surface area contributed by atoms with Gasteiger partial charge in [0.1, 0.15) is 12.7 Å². The first-order valence-corrected chi connectivity index (χ1v) is 11.8. The minimum absolute atomic E-state index is 0.197. The molecular formula is C24H29BrN2O4. The Hall–Kier alpha value is -2.12. The van der Waals surface area contributed by atoms with Gasteiger partial charge in [0, 0.05) is 29.8 Å². The van der Waals surface area contributed by atoms with Crippen LogP contribution in [0.5, 0.6) is 5.88 Å². The number of halogens is 1. The number of carbonyl (C=O) groups excluding carboxylic acids is 1. The zero-order valence-corrected chi connectivity index (χ0v) is 19.2. The standard InChI is InChI=1S/C24H29BrN2O4/c25-19-10-13-26-23(16-19)31-21-8-6-20(7-9-21)30-22-11-14-27(15-12-22)24(28)29-17-18-4-2-1-3-5-18/h1-5,10,13,16,20-22H,6-9,11-12,14-15,17H2/t20-,21-. The van der Waals surface area contributed by atoms with Gasteiger partial charge in [0.2, 0.25) is 5.88 Å². The lowest BCUT2D eigenvalue weighted by Crippen LogP contribution is -2.42. The number of ether oxygens (including phenoxy) is 3. The summed E-state index contributed by atoms with van der Waals surface area (Å²) in [6.45, 7) is 1.69. The predicted octanol–water partition coefficient (Wildman–Crippen LogP) is 5.35. The Morgan fingerprint density at radius 2 is 1.65 bits per heavy atom. The second-order valence-corrected chi connectivity index (χ2v) is 9.11. The molecule has 0 atom stereocenters. The van der Waals surface area contributed by atoms with Crippen molar-refractivity contribution in [2.75, 3.05) is 13.1 Å². The molecule has 1 saturated carbocycles. The van der Waals surface area contributed by atoms with Crippen LogP contribution in [-0.4, -0.2) is 47.4 Å². The molecule has 2 aliphatic rings. The SMILES string of the molecule is O=C(OCc1ccccc1)N1CCC(O[C@H]2CC[C@H](Oc3cc(Br)ccn3)CC2)CC1. The van der Waals surface area contributed by atoms with E-state index in [-0.39, 0.29) is 24.4 Å². The van der Waals surface area contributed by atoms with Gasteiger partial charge in [-0.05, 0) is 50.2 Å². The molecule has 6 nitrogen and oxygen atoms in total. The molecule has 2 heterocycles. The lowest BCUT2D eigenvalue weighted by molar-refractivity contribution is -0.0654. The fraction of sp³-hybridized carbons (Fsp3) is 0.500. The minimum atomic E-state index is -0.235. The fourth-order valence-corrected chi connectivity index (χ4v) is 4.48. The van der Waals surface area contributed by atoms with E-state index in [1.807, 2.05) is 42.5 Å². The van der Waals surface area contributed by atoms with Crippen LogP contribution in [-0.2, 0) is 16.1 Å². The molecule has 7 heteroatoms. The Labute approximate surface area is 192 Å². The maximum Gasteiger partial charge on any atom is 0.410 e. The highest BCUT2D eigenvalue weighted by Gasteiger charge is 2.29. The number of amides is 1. The number of rotatable bonds is 6. The molecule has 0 spiro atoms. The van der Waals surface area contributed by atoms with E-state index < -0.39 is 0 Å². The first kappa shape index (κ1) is 22.1. The lowest BCUT2D eigenvalue weighted by Gasteiger charge is -2.35. The molecule has 1 aliphatic heterocycles. The Balaban J connectivity index is 1.13. The number of nitrogens with zero attached hydrogens (tertiary/aromatic N) is 2. The summed E-state index contributed by atoms with van der Waals surface area (Å²) in [6.07, 6.45) is 7.87. The van der Waals surface area contributed by atoms with Gasteiger partial charge in [0.25, 0.3) is 0 Å². The van der Waals surface area contributed by atoms with Gasteiger partial charge in [-0.25, -0.2) is 9.78 Å². The first-order chi connectivity index (χ1) is 15.2. The van der Waals surface area contributed by atoms with Gasteiger partial charge in [0.05, 0.1) is 12.2 Å². The van der Waals surface area contributed by atoms with Crippen molar-refractivity contribution in [2.45, 2.75) is 63.4 Å². The van der Waals surface area contributed by atoms with Gasteiger partial charge >= 0.3 is 6.09 Å². The third-order valence-electron chi connectivity index (χ3n) is 5.90. The third-order valence-corrected chi connectivity index (χ3v) is 6.39. The molecule has 1 amide bonds. The van der Waals surface area contributed by atoms with Crippen LogP contribution >= 0.6 is 15.9 Å². The average Bonchev–Trinajstić information content (AvgIpc) is 2.80. The zero-order valence-electron chi connectivity index (χ0n) is 17.6. The highest BCUT2D eigenvalue weighted by molar-refractivity contribution is 9.10. The van der Waals surface area contributed by atoms with Crippen molar-refractivity contribution < 1.29 is 19.0 Å². The predicted molar refractivity (Wildman–Crippen MR) is 121 cm³/mol. The summed E-state index contributed by atoms with van der Waals surface area (Å²) in [4.78, 5) is 18.4. The topological polar surface area (TPSA) is 60.9 Å². The highest BCUT2D eigenvalue weighted by Crippen LogP contribution is 2.28. The average molecular weight is 489 g/mol. The van der Waals surface area contributed by atoms with E-state index in [0.717, 1.165) is 48.6 Å². The van der Waals surface area contributed by atoms with Crippen molar-refractivity contribution in [3.8, 4) is 5.88 Å². The first-order valence-electron chi connectivity index (χ1n) is 11.0. The molecule has 31 heavy (non-hydrogen) atoms. The number of hydrogen-bond donors (Lipinski definition) is 0. The molecule has 2 fully saturated rings. The van der Waals surface area contributed by atoms with Gasteiger partial charge in [-0.2, -0.15) is 0 Å². The molecule has 4 rings (SSSR count). The van der Waals surface area contributed by atoms with E-state index in [2.05, 4.69) is 20.9 Å². The second kappa shape index (κ2) is 11.0. The molecule has 0 bridgehead atoms. The van der Waals surface area contributed by atoms with Crippen LogP contribution in [0.4, 0.5) is 4.79 Å². The summed E-state index contributed by atoms with van der Waals surface area (Å²) in [7, 11) is 0. The van der Waals surface area contributed by atoms with E-state index in [1.165, 1.54) is 0 Å². The maximum absolute atomic E-state index is 12.3. The molecule has 0 N–H and O–H groups in total. The number of benzene rings is 1. The molecule has 1 aromatic carbocycles. The highest BCUT2D eigenvalue weighted by atomic mass is 79.9. The van der Waals surface area contributed by atoms with Gasteiger partial charge in [0.15, 0.2) is 0 Å². The van der Waals surface area contributed by atoms with Crippen molar-refractivity contribution in [3.63, 3.8) is 0 Å². The van der Waals surface area contributed by atoms with E-state index >= 15 is 0 Å². The van der Waals surface area contributed by atoms with Crippen LogP contribution in [0.1, 0.15) is 44.1 Å². The van der Waals surface area contributed by atoms with Gasteiger partial charge < -0.3 is 19.1 Å². The molecule has 2 aromatic rings. The Morgan fingerprint density at radius 3 is 2.35 bits per heavy atom.